The molecule has 1 heterocycles. The number of nitrogens with zero attached hydrogens (tertiary/aromatic N) is 1. The van der Waals surface area contributed by atoms with Gasteiger partial charge in [0, 0.05) is 0 Å². The third-order valence-electron chi connectivity index (χ3n) is 4.21. The molecule has 0 atom stereocenters. The second-order valence-corrected chi connectivity index (χ2v) is 7.20. The lowest BCUT2D eigenvalue weighted by Crippen LogP contribution is -2.54. The van der Waals surface area contributed by atoms with Gasteiger partial charge in [-0.15, -0.1) is 0 Å². The van der Waals surface area contributed by atoms with Crippen molar-refractivity contribution in [3.8, 4) is 11.5 Å². The first kappa shape index (κ1) is 21.8. The van der Waals surface area contributed by atoms with Crippen molar-refractivity contribution in [2.24, 2.45) is 0 Å². The molecule has 156 valence electrons. The van der Waals surface area contributed by atoms with Crippen molar-refractivity contribution in [2.75, 3.05) is 18.1 Å². The Hall–Kier alpha value is -2.90. The van der Waals surface area contributed by atoms with Crippen LogP contribution in [0, 0.1) is 0 Å². The number of hydrogen-bond acceptors (Lipinski definition) is 5. The van der Waals surface area contributed by atoms with Crippen LogP contribution in [0.25, 0.3) is 6.08 Å². The van der Waals surface area contributed by atoms with Crippen LogP contribution in [0.15, 0.2) is 48.0 Å². The SMILES string of the molecule is CCCOc1c(Cl)cc(/C=C2/C(=O)NC(=S)N(c3ccccc3)C2=O)cc1OCC. The molecule has 6 nitrogen and oxygen atoms in total. The van der Waals surface area contributed by atoms with E-state index in [2.05, 4.69) is 5.32 Å². The molecule has 1 saturated heterocycles. The summed E-state index contributed by atoms with van der Waals surface area (Å²) in [4.78, 5) is 26.9. The van der Waals surface area contributed by atoms with Crippen molar-refractivity contribution in [1.29, 1.82) is 0 Å². The second-order valence-electron chi connectivity index (χ2n) is 6.40. The number of halogens is 1. The fraction of sp³-hybridized carbons (Fsp3) is 0.227. The summed E-state index contributed by atoms with van der Waals surface area (Å²) < 4.78 is 11.3. The fourth-order valence-corrected chi connectivity index (χ4v) is 3.47. The largest absolute Gasteiger partial charge is 0.490 e. The molecule has 0 unspecified atom stereocenters. The maximum absolute atomic E-state index is 13.1. The summed E-state index contributed by atoms with van der Waals surface area (Å²) in [6.07, 6.45) is 2.28. The molecule has 0 bridgehead atoms. The Labute approximate surface area is 185 Å². The minimum atomic E-state index is -0.572. The zero-order valence-corrected chi connectivity index (χ0v) is 18.2. The average Bonchev–Trinajstić information content (AvgIpc) is 2.71. The van der Waals surface area contributed by atoms with Gasteiger partial charge in [0.2, 0.25) is 0 Å². The van der Waals surface area contributed by atoms with Gasteiger partial charge in [0.25, 0.3) is 11.8 Å². The first-order chi connectivity index (χ1) is 14.5. The number of amides is 2. The smallest absolute Gasteiger partial charge is 0.270 e. The zero-order valence-electron chi connectivity index (χ0n) is 16.6. The van der Waals surface area contributed by atoms with E-state index in [4.69, 9.17) is 33.3 Å². The van der Waals surface area contributed by atoms with Crippen LogP contribution < -0.4 is 19.7 Å². The summed E-state index contributed by atoms with van der Waals surface area (Å²) in [5, 5.41) is 2.93. The summed E-state index contributed by atoms with van der Waals surface area (Å²) in [7, 11) is 0. The highest BCUT2D eigenvalue weighted by molar-refractivity contribution is 7.80. The molecule has 0 saturated carbocycles. The number of carbonyl (C=O) groups is 2. The molecule has 2 amide bonds. The first-order valence-corrected chi connectivity index (χ1v) is 10.3. The van der Waals surface area contributed by atoms with E-state index in [-0.39, 0.29) is 10.7 Å². The van der Waals surface area contributed by atoms with E-state index < -0.39 is 11.8 Å². The summed E-state index contributed by atoms with van der Waals surface area (Å²) in [6, 6.07) is 12.2. The van der Waals surface area contributed by atoms with Crippen molar-refractivity contribution in [3.63, 3.8) is 0 Å². The van der Waals surface area contributed by atoms with Gasteiger partial charge in [-0.3, -0.25) is 19.8 Å². The summed E-state index contributed by atoms with van der Waals surface area (Å²) in [5.41, 5.74) is 1.04. The number of rotatable bonds is 7. The fourth-order valence-electron chi connectivity index (χ4n) is 2.91. The van der Waals surface area contributed by atoms with Gasteiger partial charge < -0.3 is 9.47 Å². The Balaban J connectivity index is 2.01. The van der Waals surface area contributed by atoms with Crippen LogP contribution in [-0.4, -0.2) is 30.1 Å². The van der Waals surface area contributed by atoms with E-state index in [1.54, 1.807) is 36.4 Å². The average molecular weight is 445 g/mol. The summed E-state index contributed by atoms with van der Waals surface area (Å²) in [5.74, 6) is -0.202. The highest BCUT2D eigenvalue weighted by atomic mass is 35.5. The molecule has 0 aromatic heterocycles. The number of ether oxygens (including phenoxy) is 2. The molecule has 0 spiro atoms. The predicted octanol–water partition coefficient (Wildman–Crippen LogP) is 4.36. The van der Waals surface area contributed by atoms with Crippen LogP contribution in [0.4, 0.5) is 5.69 Å². The minimum absolute atomic E-state index is 0.0321. The van der Waals surface area contributed by atoms with Gasteiger partial charge in [0.15, 0.2) is 16.6 Å². The number of carbonyl (C=O) groups excluding carboxylic acids is 2. The second kappa shape index (κ2) is 9.73. The Morgan fingerprint density at radius 2 is 1.87 bits per heavy atom. The van der Waals surface area contributed by atoms with Crippen LogP contribution in [0.3, 0.4) is 0 Å². The van der Waals surface area contributed by atoms with Crippen LogP contribution in [0.5, 0.6) is 11.5 Å². The number of para-hydroxylation sites is 1. The van der Waals surface area contributed by atoms with Gasteiger partial charge >= 0.3 is 0 Å². The number of anilines is 1. The van der Waals surface area contributed by atoms with Gasteiger partial charge in [-0.2, -0.15) is 0 Å². The Kier molecular flexibility index (Phi) is 7.07. The topological polar surface area (TPSA) is 67.9 Å². The van der Waals surface area contributed by atoms with Gasteiger partial charge in [0.1, 0.15) is 5.57 Å². The van der Waals surface area contributed by atoms with Gasteiger partial charge in [-0.25, -0.2) is 0 Å². The maximum Gasteiger partial charge on any atom is 0.270 e. The van der Waals surface area contributed by atoms with Crippen molar-refractivity contribution in [2.45, 2.75) is 20.3 Å². The van der Waals surface area contributed by atoms with Gasteiger partial charge in [-0.05, 0) is 61.5 Å². The van der Waals surface area contributed by atoms with Crippen LogP contribution in [0.2, 0.25) is 5.02 Å². The number of benzene rings is 2. The highest BCUT2D eigenvalue weighted by Crippen LogP contribution is 2.37. The molecular formula is C22H21ClN2O4S. The first-order valence-electron chi connectivity index (χ1n) is 9.51. The lowest BCUT2D eigenvalue weighted by atomic mass is 10.1. The van der Waals surface area contributed by atoms with Crippen LogP contribution in [0.1, 0.15) is 25.8 Å². The summed E-state index contributed by atoms with van der Waals surface area (Å²) in [6.45, 7) is 4.74. The van der Waals surface area contributed by atoms with Crippen molar-refractivity contribution < 1.29 is 19.1 Å². The Morgan fingerprint density at radius 1 is 1.13 bits per heavy atom. The molecule has 1 aliphatic rings. The number of thiocarbonyl (C=S) groups is 1. The van der Waals surface area contributed by atoms with Gasteiger partial charge in [0.05, 0.1) is 23.9 Å². The Morgan fingerprint density at radius 3 is 2.53 bits per heavy atom. The normalized spacial score (nSPS) is 15.4. The van der Waals surface area contributed by atoms with E-state index in [0.717, 1.165) is 6.42 Å². The Bertz CT molecular complexity index is 1010. The molecule has 3 rings (SSSR count). The molecule has 0 aliphatic carbocycles. The lowest BCUT2D eigenvalue weighted by Gasteiger charge is -2.28. The molecule has 30 heavy (non-hydrogen) atoms. The van der Waals surface area contributed by atoms with Gasteiger partial charge in [-0.1, -0.05) is 36.7 Å². The van der Waals surface area contributed by atoms with Crippen LogP contribution in [-0.2, 0) is 9.59 Å². The molecule has 1 fully saturated rings. The zero-order chi connectivity index (χ0) is 21.7. The van der Waals surface area contributed by atoms with E-state index in [0.29, 0.717) is 41.0 Å². The molecule has 8 heteroatoms. The predicted molar refractivity (Wildman–Crippen MR) is 121 cm³/mol. The summed E-state index contributed by atoms with van der Waals surface area (Å²) >= 11 is 11.6. The molecule has 1 aliphatic heterocycles. The van der Waals surface area contributed by atoms with E-state index >= 15 is 0 Å². The third kappa shape index (κ3) is 4.63. The minimum Gasteiger partial charge on any atom is -0.490 e. The van der Waals surface area contributed by atoms with Crippen molar-refractivity contribution >= 4 is 52.5 Å². The molecule has 2 aromatic carbocycles. The van der Waals surface area contributed by atoms with E-state index in [1.165, 1.54) is 11.0 Å². The number of nitrogens with one attached hydrogen (secondary N) is 1. The maximum atomic E-state index is 13.1. The standard InChI is InChI=1S/C22H21ClN2O4S/c1-3-10-29-19-17(23)12-14(13-18(19)28-4-2)11-16-20(26)24-22(30)25(21(16)27)15-8-6-5-7-9-15/h5-9,11-13H,3-4,10H2,1-2H3,(H,24,26,30)/b16-11-. The lowest BCUT2D eigenvalue weighted by molar-refractivity contribution is -0.122. The van der Waals surface area contributed by atoms with Crippen molar-refractivity contribution in [3.05, 3.63) is 58.6 Å². The molecule has 1 N–H and O–H groups in total. The molecule has 2 aromatic rings. The quantitative estimate of drug-likeness (QED) is 0.390. The van der Waals surface area contributed by atoms with E-state index in [1.807, 2.05) is 19.9 Å². The molecular weight excluding hydrogens is 424 g/mol. The molecule has 0 radical (unpaired) electrons. The number of hydrogen-bond donors (Lipinski definition) is 1. The third-order valence-corrected chi connectivity index (χ3v) is 4.77. The van der Waals surface area contributed by atoms with Crippen LogP contribution >= 0.6 is 23.8 Å². The monoisotopic (exact) mass is 444 g/mol. The van der Waals surface area contributed by atoms with E-state index in [9.17, 15) is 9.59 Å². The highest BCUT2D eigenvalue weighted by Gasteiger charge is 2.34. The van der Waals surface area contributed by atoms with Crippen molar-refractivity contribution in [1.82, 2.24) is 5.32 Å².